The third-order valence-corrected chi connectivity index (χ3v) is 6.72. The summed E-state index contributed by atoms with van der Waals surface area (Å²) < 4.78 is 19.0. The highest BCUT2D eigenvalue weighted by atomic mass is 19.1. The van der Waals surface area contributed by atoms with Crippen molar-refractivity contribution in [3.05, 3.63) is 95.3 Å². The summed E-state index contributed by atoms with van der Waals surface area (Å²) in [7, 11) is 1.82. The van der Waals surface area contributed by atoms with Crippen molar-refractivity contribution in [2.24, 2.45) is 0 Å². The Bertz CT molecular complexity index is 1350. The molecule has 0 radical (unpaired) electrons. The first kappa shape index (κ1) is 24.8. The van der Waals surface area contributed by atoms with E-state index in [0.29, 0.717) is 29.9 Å². The number of halogens is 1. The molecular formula is C29H30FN5O2. The van der Waals surface area contributed by atoms with Gasteiger partial charge in [0.1, 0.15) is 5.82 Å². The molecule has 8 heteroatoms. The van der Waals surface area contributed by atoms with E-state index in [2.05, 4.69) is 21.0 Å². The van der Waals surface area contributed by atoms with E-state index in [1.165, 1.54) is 12.1 Å². The molecule has 2 unspecified atom stereocenters. The highest BCUT2D eigenvalue weighted by Crippen LogP contribution is 2.26. The molecule has 2 atom stereocenters. The molecule has 1 amide bonds. The topological polar surface area (TPSA) is 83.3 Å². The molecule has 0 aliphatic carbocycles. The number of aryl methyl sites for hydroxylation is 1. The highest BCUT2D eigenvalue weighted by molar-refractivity contribution is 5.94. The van der Waals surface area contributed by atoms with Gasteiger partial charge < -0.3 is 9.32 Å². The van der Waals surface area contributed by atoms with Gasteiger partial charge in [0.25, 0.3) is 5.91 Å². The Morgan fingerprint density at radius 1 is 1.00 bits per heavy atom. The fourth-order valence-electron chi connectivity index (χ4n) is 4.61. The number of nitrogens with zero attached hydrogens (tertiary/aromatic N) is 3. The number of benzene rings is 3. The van der Waals surface area contributed by atoms with Crippen LogP contribution in [0.5, 0.6) is 0 Å². The van der Waals surface area contributed by atoms with Crippen molar-refractivity contribution < 1.29 is 13.6 Å². The van der Waals surface area contributed by atoms with Crippen molar-refractivity contribution in [3.8, 4) is 22.9 Å². The summed E-state index contributed by atoms with van der Waals surface area (Å²) in [5, 5.41) is 8.33. The number of hydrogen-bond donors (Lipinski definition) is 2. The Labute approximate surface area is 215 Å². The quantitative estimate of drug-likeness (QED) is 0.342. The predicted octanol–water partition coefficient (Wildman–Crippen LogP) is 5.31. The van der Waals surface area contributed by atoms with Crippen molar-refractivity contribution in [3.63, 3.8) is 0 Å². The molecule has 4 aromatic rings. The number of nitrogens with one attached hydrogen (secondary N) is 2. The largest absolute Gasteiger partial charge is 0.416 e. The number of aromatic nitrogens is 2. The van der Waals surface area contributed by atoms with Crippen LogP contribution in [0.4, 0.5) is 4.39 Å². The molecule has 2 N–H and O–H groups in total. The van der Waals surface area contributed by atoms with Crippen LogP contribution in [0.1, 0.15) is 46.8 Å². The van der Waals surface area contributed by atoms with E-state index in [4.69, 9.17) is 4.42 Å². The summed E-state index contributed by atoms with van der Waals surface area (Å²) in [4.78, 5) is 14.7. The normalized spacial score (nSPS) is 17.2. The van der Waals surface area contributed by atoms with E-state index in [9.17, 15) is 9.18 Å². The van der Waals surface area contributed by atoms with Crippen molar-refractivity contribution in [1.29, 1.82) is 0 Å². The predicted molar refractivity (Wildman–Crippen MR) is 140 cm³/mol. The Kier molecular flexibility index (Phi) is 7.39. The van der Waals surface area contributed by atoms with Gasteiger partial charge >= 0.3 is 0 Å². The van der Waals surface area contributed by atoms with Gasteiger partial charge in [0, 0.05) is 42.4 Å². The molecule has 1 saturated heterocycles. The van der Waals surface area contributed by atoms with Gasteiger partial charge in [-0.15, -0.1) is 10.2 Å². The number of rotatable bonds is 8. The summed E-state index contributed by atoms with van der Waals surface area (Å²) in [6.07, 6.45) is 2.73. The number of hydrogen-bond acceptors (Lipinski definition) is 6. The van der Waals surface area contributed by atoms with Gasteiger partial charge in [-0.3, -0.25) is 15.6 Å². The van der Waals surface area contributed by atoms with E-state index in [-0.39, 0.29) is 17.8 Å². The number of carbonyl (C=O) groups is 1. The third-order valence-electron chi connectivity index (χ3n) is 6.72. The minimum Gasteiger partial charge on any atom is -0.416 e. The number of hydrazine groups is 1. The first-order valence-electron chi connectivity index (χ1n) is 12.5. The van der Waals surface area contributed by atoms with Gasteiger partial charge in [0.2, 0.25) is 11.8 Å². The lowest BCUT2D eigenvalue weighted by Gasteiger charge is -2.18. The Hall–Kier alpha value is -3.88. The van der Waals surface area contributed by atoms with E-state index in [1.807, 2.05) is 62.5 Å². The molecule has 0 spiro atoms. The van der Waals surface area contributed by atoms with Crippen molar-refractivity contribution in [2.45, 2.75) is 38.3 Å². The Morgan fingerprint density at radius 3 is 2.46 bits per heavy atom. The molecule has 0 bridgehead atoms. The van der Waals surface area contributed by atoms with Gasteiger partial charge in [-0.05, 0) is 80.3 Å². The zero-order valence-corrected chi connectivity index (χ0v) is 20.9. The number of carbonyl (C=O) groups excluding carboxylic acids is 1. The van der Waals surface area contributed by atoms with Crippen LogP contribution in [-0.2, 0) is 0 Å². The average molecular weight is 500 g/mol. The first-order chi connectivity index (χ1) is 18.0. The zero-order valence-electron chi connectivity index (χ0n) is 20.9. The van der Waals surface area contributed by atoms with Crippen LogP contribution in [0.3, 0.4) is 0 Å². The molecule has 0 saturated carbocycles. The van der Waals surface area contributed by atoms with Crippen LogP contribution in [0.15, 0.2) is 77.2 Å². The maximum Gasteiger partial charge on any atom is 0.253 e. The minimum absolute atomic E-state index is 0.0285. The van der Waals surface area contributed by atoms with Crippen molar-refractivity contribution in [2.75, 3.05) is 13.6 Å². The molecule has 1 fully saturated rings. The molecule has 190 valence electrons. The second-order valence-electron chi connectivity index (χ2n) is 9.55. The summed E-state index contributed by atoms with van der Waals surface area (Å²) in [6, 6.07) is 22.2. The third kappa shape index (κ3) is 5.93. The Balaban J connectivity index is 1.11. The van der Waals surface area contributed by atoms with Crippen LogP contribution in [0.25, 0.3) is 22.9 Å². The van der Waals surface area contributed by atoms with Gasteiger partial charge in [0.05, 0.1) is 0 Å². The molecular weight excluding hydrogens is 469 g/mol. The van der Waals surface area contributed by atoms with Crippen molar-refractivity contribution >= 4 is 5.91 Å². The lowest BCUT2D eigenvalue weighted by molar-refractivity contribution is 0.0791. The lowest BCUT2D eigenvalue weighted by Crippen LogP contribution is -2.32. The van der Waals surface area contributed by atoms with Crippen LogP contribution in [0.2, 0.25) is 0 Å². The molecule has 1 aliphatic rings. The van der Waals surface area contributed by atoms with E-state index in [1.54, 1.807) is 17.0 Å². The maximum absolute atomic E-state index is 13.2. The summed E-state index contributed by atoms with van der Waals surface area (Å²) in [5.74, 6) is 0.629. The molecule has 1 aromatic heterocycles. The summed E-state index contributed by atoms with van der Waals surface area (Å²) in [5.41, 5.74) is 11.1. The number of amides is 1. The summed E-state index contributed by atoms with van der Waals surface area (Å²) in [6.45, 7) is 2.67. The van der Waals surface area contributed by atoms with Gasteiger partial charge in [-0.1, -0.05) is 29.8 Å². The molecule has 1 aliphatic heterocycles. The first-order valence-corrected chi connectivity index (χ1v) is 12.5. The van der Waals surface area contributed by atoms with Gasteiger partial charge in [-0.2, -0.15) is 0 Å². The average Bonchev–Trinajstić information content (AvgIpc) is 3.59. The molecule has 3 aromatic carbocycles. The second-order valence-corrected chi connectivity index (χ2v) is 9.55. The lowest BCUT2D eigenvalue weighted by atomic mass is 9.99. The van der Waals surface area contributed by atoms with Crippen LogP contribution in [-0.4, -0.2) is 40.6 Å². The van der Waals surface area contributed by atoms with E-state index >= 15 is 0 Å². The second kappa shape index (κ2) is 11.0. The monoisotopic (exact) mass is 499 g/mol. The van der Waals surface area contributed by atoms with Crippen LogP contribution in [0, 0.1) is 12.7 Å². The molecule has 2 heterocycles. The van der Waals surface area contributed by atoms with Gasteiger partial charge in [-0.25, -0.2) is 4.39 Å². The van der Waals surface area contributed by atoms with E-state index < -0.39 is 0 Å². The fraction of sp³-hybridized carbons (Fsp3) is 0.276. The van der Waals surface area contributed by atoms with Crippen molar-refractivity contribution in [1.82, 2.24) is 25.9 Å². The standard InChI is InChI=1S/C29H30FN5O2/c1-19-5-3-6-23(17-19)28-34-33-27(37-28)21-8-10-22(11-9-21)29(36)35(2)16-4-7-25-18-26(32-31-25)20-12-14-24(30)15-13-20/h3,5-6,8-15,17,25-26,31-32H,4,7,16,18H2,1-2H3. The maximum atomic E-state index is 13.2. The smallest absolute Gasteiger partial charge is 0.253 e. The van der Waals surface area contributed by atoms with Crippen LogP contribution < -0.4 is 10.9 Å². The van der Waals surface area contributed by atoms with Gasteiger partial charge in [0.15, 0.2) is 0 Å². The van der Waals surface area contributed by atoms with E-state index in [0.717, 1.165) is 41.5 Å². The van der Waals surface area contributed by atoms with Crippen LogP contribution >= 0.6 is 0 Å². The zero-order chi connectivity index (χ0) is 25.8. The minimum atomic E-state index is -0.226. The molecule has 7 nitrogen and oxygen atoms in total. The molecule has 37 heavy (non-hydrogen) atoms. The SMILES string of the molecule is Cc1cccc(-c2nnc(-c3ccc(C(=O)N(C)CCCC4CC(c5ccc(F)cc5)NN4)cc3)o2)c1. The fourth-order valence-corrected chi connectivity index (χ4v) is 4.61. The molecule has 5 rings (SSSR count). The highest BCUT2D eigenvalue weighted by Gasteiger charge is 2.25. The summed E-state index contributed by atoms with van der Waals surface area (Å²) >= 11 is 0. The Morgan fingerprint density at radius 2 is 1.73 bits per heavy atom.